The van der Waals surface area contributed by atoms with Gasteiger partial charge in [0.15, 0.2) is 0 Å². The molecule has 0 N–H and O–H groups in total. The number of rotatable bonds is 10. The molecule has 0 fully saturated rings. The summed E-state index contributed by atoms with van der Waals surface area (Å²) < 4.78 is 5.29. The van der Waals surface area contributed by atoms with E-state index in [9.17, 15) is 0 Å². The van der Waals surface area contributed by atoms with Crippen molar-refractivity contribution >= 4 is 74.7 Å². The van der Waals surface area contributed by atoms with Gasteiger partial charge < -0.3 is 0 Å². The highest BCUT2D eigenvalue weighted by atomic mass is 32.1. The molecule has 388 valence electrons. The van der Waals surface area contributed by atoms with Crippen molar-refractivity contribution in [1.29, 1.82) is 0 Å². The van der Waals surface area contributed by atoms with Gasteiger partial charge in [-0.2, -0.15) is 0 Å². The highest BCUT2D eigenvalue weighted by Crippen LogP contribution is 2.59. The van der Waals surface area contributed by atoms with Crippen LogP contribution in [0.2, 0.25) is 0 Å². The van der Waals surface area contributed by atoms with E-state index in [2.05, 4.69) is 315 Å². The molecule has 1 aliphatic rings. The van der Waals surface area contributed by atoms with Crippen LogP contribution in [0.5, 0.6) is 0 Å². The maximum absolute atomic E-state index is 2.41. The zero-order chi connectivity index (χ0) is 54.8. The largest absolute Gasteiger partial charge is 0.135 e. The second-order valence-corrected chi connectivity index (χ2v) is 23.9. The van der Waals surface area contributed by atoms with E-state index in [1.165, 1.54) is 140 Å². The van der Waals surface area contributed by atoms with Crippen LogP contribution in [0, 0.1) is 0 Å². The Kier molecular flexibility index (Phi) is 11.9. The van der Waals surface area contributed by atoms with Gasteiger partial charge in [-0.3, -0.25) is 0 Å². The Bertz CT molecular complexity index is 4790. The first-order chi connectivity index (χ1) is 41.1. The van der Waals surface area contributed by atoms with Crippen molar-refractivity contribution in [2.45, 2.75) is 5.41 Å². The lowest BCUT2D eigenvalue weighted by Crippen LogP contribution is -2.28. The highest BCUT2D eigenvalue weighted by Gasteiger charge is 2.47. The van der Waals surface area contributed by atoms with Crippen molar-refractivity contribution in [3.8, 4) is 66.8 Å². The molecule has 0 unspecified atom stereocenters. The number of benzene rings is 13. The van der Waals surface area contributed by atoms with Crippen LogP contribution in [0.25, 0.3) is 119 Å². The summed E-state index contributed by atoms with van der Waals surface area (Å²) in [4.78, 5) is 0. The van der Waals surface area contributed by atoms with Crippen molar-refractivity contribution < 1.29 is 0 Å². The molecule has 0 bridgehead atoms. The van der Waals surface area contributed by atoms with E-state index >= 15 is 0 Å². The van der Waals surface area contributed by atoms with Crippen molar-refractivity contribution in [3.05, 3.63) is 348 Å². The molecule has 16 rings (SSSR count). The van der Waals surface area contributed by atoms with Gasteiger partial charge in [-0.1, -0.05) is 297 Å². The number of hydrogen-bond acceptors (Lipinski definition) is 2. The third-order valence-corrected chi connectivity index (χ3v) is 19.7. The zero-order valence-electron chi connectivity index (χ0n) is 45.3. The Hall–Kier alpha value is -9.96. The average molecular weight is 1090 g/mol. The van der Waals surface area contributed by atoms with Crippen LogP contribution in [0.4, 0.5) is 0 Å². The van der Waals surface area contributed by atoms with E-state index in [-0.39, 0.29) is 0 Å². The summed E-state index contributed by atoms with van der Waals surface area (Å²) in [5, 5.41) is 5.26. The Labute approximate surface area is 491 Å². The maximum atomic E-state index is 2.41. The molecule has 0 amide bonds. The van der Waals surface area contributed by atoms with Gasteiger partial charge in [-0.25, -0.2) is 0 Å². The predicted molar refractivity (Wildman–Crippen MR) is 357 cm³/mol. The van der Waals surface area contributed by atoms with Crippen LogP contribution in [-0.2, 0) is 5.41 Å². The summed E-state index contributed by atoms with van der Waals surface area (Å²) >= 11 is 3.78. The summed E-state index contributed by atoms with van der Waals surface area (Å²) in [6.45, 7) is 0. The van der Waals surface area contributed by atoms with Crippen molar-refractivity contribution in [2.24, 2.45) is 0 Å². The standard InChI is InChI=1S/C81H52S2/c1-3-16-54(17-4-1)56-34-32-53(33-35-56)52-73(61-38-36-57(37-39-61)55-18-5-2-6-19-55)62-42-40-58(41-43-62)65-23-15-29-75-78(65)72-22-7-10-28-74(72)81(75,63-48-44-59(45-49-63)66-24-13-26-70-68-20-8-11-30-76(68)82-79(66)70)64-50-46-60(47-51-64)67-25-14-27-71-69-21-9-12-31-77(69)83-80(67)71/h1-52H. The van der Waals surface area contributed by atoms with Crippen molar-refractivity contribution in [1.82, 2.24) is 0 Å². The molecular weight excluding hydrogens is 1040 g/mol. The third-order valence-electron chi connectivity index (χ3n) is 17.3. The molecule has 0 saturated heterocycles. The minimum atomic E-state index is -0.621. The highest BCUT2D eigenvalue weighted by molar-refractivity contribution is 7.26. The molecule has 2 aromatic heterocycles. The molecule has 0 radical (unpaired) electrons. The topological polar surface area (TPSA) is 0 Å². The smallest absolute Gasteiger partial charge is 0.0713 e. The lowest BCUT2D eigenvalue weighted by atomic mass is 9.67. The van der Waals surface area contributed by atoms with Crippen LogP contribution < -0.4 is 0 Å². The average Bonchev–Trinajstić information content (AvgIpc) is 1.80. The van der Waals surface area contributed by atoms with E-state index < -0.39 is 5.41 Å². The lowest BCUT2D eigenvalue weighted by molar-refractivity contribution is 0.769. The monoisotopic (exact) mass is 1090 g/mol. The molecule has 2 heteroatoms. The van der Waals surface area contributed by atoms with Crippen LogP contribution in [0.3, 0.4) is 0 Å². The van der Waals surface area contributed by atoms with Gasteiger partial charge in [-0.15, -0.1) is 22.7 Å². The summed E-state index contributed by atoms with van der Waals surface area (Å²) in [7, 11) is 0. The second-order valence-electron chi connectivity index (χ2n) is 21.8. The maximum Gasteiger partial charge on any atom is 0.0713 e. The number of fused-ring (bicyclic) bond motifs is 9. The van der Waals surface area contributed by atoms with Crippen molar-refractivity contribution in [3.63, 3.8) is 0 Å². The van der Waals surface area contributed by atoms with Crippen LogP contribution in [0.15, 0.2) is 309 Å². The fraction of sp³-hybridized carbons (Fsp3) is 0.0123. The fourth-order valence-electron chi connectivity index (χ4n) is 13.3. The molecule has 83 heavy (non-hydrogen) atoms. The van der Waals surface area contributed by atoms with Gasteiger partial charge in [0.05, 0.1) is 5.41 Å². The Morgan fingerprint density at radius 1 is 0.265 bits per heavy atom. The Morgan fingerprint density at radius 3 is 1.18 bits per heavy atom. The van der Waals surface area contributed by atoms with Crippen molar-refractivity contribution in [2.75, 3.05) is 0 Å². The minimum absolute atomic E-state index is 0.621. The first-order valence-electron chi connectivity index (χ1n) is 28.5. The molecule has 2 heterocycles. The molecule has 13 aromatic carbocycles. The van der Waals surface area contributed by atoms with E-state index in [1.54, 1.807) is 0 Å². The normalized spacial score (nSPS) is 12.7. The Morgan fingerprint density at radius 2 is 0.639 bits per heavy atom. The molecule has 0 atom stereocenters. The summed E-state index contributed by atoms with van der Waals surface area (Å²) in [6.07, 6.45) is 2.34. The number of thiophene rings is 2. The third kappa shape index (κ3) is 8.24. The van der Waals surface area contributed by atoms with Crippen LogP contribution in [0.1, 0.15) is 38.9 Å². The van der Waals surface area contributed by atoms with Gasteiger partial charge in [0.2, 0.25) is 0 Å². The summed E-state index contributed by atoms with van der Waals surface area (Å²) in [5.74, 6) is 0. The van der Waals surface area contributed by atoms with E-state index in [0.29, 0.717) is 0 Å². The van der Waals surface area contributed by atoms with Crippen LogP contribution in [-0.4, -0.2) is 0 Å². The van der Waals surface area contributed by atoms with Gasteiger partial charge in [0.1, 0.15) is 0 Å². The first kappa shape index (κ1) is 48.9. The lowest BCUT2D eigenvalue weighted by Gasteiger charge is -2.34. The summed E-state index contributed by atoms with van der Waals surface area (Å²) in [6, 6.07) is 115. The van der Waals surface area contributed by atoms with Gasteiger partial charge in [0, 0.05) is 40.3 Å². The SMILES string of the molecule is C(=C(c1ccc(-c2ccccc2)cc1)c1ccc(-c2cccc3c2-c2ccccc2C3(c2ccc(-c3cccc4c3sc3ccccc34)cc2)c2ccc(-c3cccc4c3sc3ccccc34)cc2)cc1)c1ccc(-c2ccccc2)cc1. The molecule has 1 aliphatic carbocycles. The van der Waals surface area contributed by atoms with E-state index in [1.807, 2.05) is 22.7 Å². The zero-order valence-corrected chi connectivity index (χ0v) is 47.0. The minimum Gasteiger partial charge on any atom is -0.135 e. The molecule has 0 saturated carbocycles. The molecule has 0 aliphatic heterocycles. The summed E-state index contributed by atoms with van der Waals surface area (Å²) in [5.41, 5.74) is 23.9. The first-order valence-corrected chi connectivity index (χ1v) is 30.2. The van der Waals surface area contributed by atoms with Crippen LogP contribution >= 0.6 is 22.7 Å². The van der Waals surface area contributed by atoms with Gasteiger partial charge >= 0.3 is 0 Å². The van der Waals surface area contributed by atoms with E-state index in [0.717, 1.165) is 11.1 Å². The van der Waals surface area contributed by atoms with E-state index in [4.69, 9.17) is 0 Å². The van der Waals surface area contributed by atoms with Gasteiger partial charge in [0.25, 0.3) is 0 Å². The Balaban J connectivity index is 0.836. The second kappa shape index (κ2) is 20.2. The van der Waals surface area contributed by atoms with Gasteiger partial charge in [-0.05, 0) is 129 Å². The molecule has 0 nitrogen and oxygen atoms in total. The molecular formula is C81H52S2. The predicted octanol–water partition coefficient (Wildman–Crippen LogP) is 22.7. The molecule has 15 aromatic rings. The number of hydrogen-bond donors (Lipinski definition) is 0. The fourth-order valence-corrected chi connectivity index (χ4v) is 15.8. The quantitative estimate of drug-likeness (QED) is 0.120. The molecule has 0 spiro atoms.